The zero-order valence-corrected chi connectivity index (χ0v) is 14.9. The number of nitrogens with one attached hydrogen (secondary N) is 1. The van der Waals surface area contributed by atoms with Crippen LogP contribution in [0.5, 0.6) is 0 Å². The van der Waals surface area contributed by atoms with Crippen molar-refractivity contribution in [1.29, 1.82) is 0 Å². The number of rotatable bonds is 7. The molecular weight excluding hydrogens is 340 g/mol. The van der Waals surface area contributed by atoms with Gasteiger partial charge in [0.2, 0.25) is 15.9 Å². The Bertz CT molecular complexity index is 864. The van der Waals surface area contributed by atoms with Crippen molar-refractivity contribution in [2.45, 2.75) is 13.5 Å². The lowest BCUT2D eigenvalue weighted by molar-refractivity contribution is -0.116. The molecule has 0 fully saturated rings. The second kappa shape index (κ2) is 8.04. The van der Waals surface area contributed by atoms with Gasteiger partial charge in [0.05, 0.1) is 12.8 Å². The average Bonchev–Trinajstić information content (AvgIpc) is 2.54. The Morgan fingerprint density at radius 2 is 1.72 bits per heavy atom. The van der Waals surface area contributed by atoms with Gasteiger partial charge >= 0.3 is 0 Å². The summed E-state index contributed by atoms with van der Waals surface area (Å²) < 4.78 is 25.0. The van der Waals surface area contributed by atoms with Crippen molar-refractivity contribution in [3.8, 4) is 0 Å². The van der Waals surface area contributed by atoms with E-state index in [2.05, 4.69) is 5.32 Å². The van der Waals surface area contributed by atoms with Crippen LogP contribution in [0.15, 0.2) is 54.6 Å². The molecule has 2 rings (SSSR count). The molecule has 132 valence electrons. The van der Waals surface area contributed by atoms with E-state index in [4.69, 9.17) is 0 Å². The van der Waals surface area contributed by atoms with Crippen molar-refractivity contribution < 1.29 is 18.0 Å². The van der Waals surface area contributed by atoms with Crippen molar-refractivity contribution in [3.63, 3.8) is 0 Å². The summed E-state index contributed by atoms with van der Waals surface area (Å²) in [4.78, 5) is 23.6. The maximum atomic E-state index is 12.2. The van der Waals surface area contributed by atoms with Crippen molar-refractivity contribution in [2.24, 2.45) is 0 Å². The summed E-state index contributed by atoms with van der Waals surface area (Å²) in [5, 5.41) is 2.63. The summed E-state index contributed by atoms with van der Waals surface area (Å²) in [6.07, 6.45) is 1.07. The lowest BCUT2D eigenvalue weighted by Gasteiger charge is -2.19. The number of sulfonamides is 1. The molecule has 0 aliphatic heterocycles. The molecule has 0 radical (unpaired) electrons. The van der Waals surface area contributed by atoms with Crippen LogP contribution < -0.4 is 5.32 Å². The first-order chi connectivity index (χ1) is 11.8. The van der Waals surface area contributed by atoms with Gasteiger partial charge < -0.3 is 5.32 Å². The van der Waals surface area contributed by atoms with Gasteiger partial charge in [0.15, 0.2) is 5.78 Å². The second-order valence-corrected chi connectivity index (χ2v) is 7.68. The van der Waals surface area contributed by atoms with Gasteiger partial charge in [-0.1, -0.05) is 42.5 Å². The Kier molecular flexibility index (Phi) is 6.06. The molecule has 0 spiro atoms. The van der Waals surface area contributed by atoms with Crippen LogP contribution in [-0.2, 0) is 21.4 Å². The van der Waals surface area contributed by atoms with E-state index in [0.717, 1.165) is 16.1 Å². The molecule has 0 saturated heterocycles. The minimum absolute atomic E-state index is 0.112. The quantitative estimate of drug-likeness (QED) is 0.768. The summed E-state index contributed by atoms with van der Waals surface area (Å²) in [5.41, 5.74) is 1.72. The lowest BCUT2D eigenvalue weighted by atomic mass is 10.1. The van der Waals surface area contributed by atoms with Gasteiger partial charge in [-0.2, -0.15) is 4.31 Å². The van der Waals surface area contributed by atoms with E-state index in [1.54, 1.807) is 36.4 Å². The first-order valence-corrected chi connectivity index (χ1v) is 9.50. The monoisotopic (exact) mass is 360 g/mol. The lowest BCUT2D eigenvalue weighted by Crippen LogP contribution is -2.36. The van der Waals surface area contributed by atoms with Crippen molar-refractivity contribution >= 4 is 27.4 Å². The average molecular weight is 360 g/mol. The number of carbonyl (C=O) groups excluding carboxylic acids is 2. The number of ketones is 1. The third kappa shape index (κ3) is 5.81. The molecule has 2 aromatic carbocycles. The fourth-order valence-electron chi connectivity index (χ4n) is 2.25. The number of carbonyl (C=O) groups is 2. The van der Waals surface area contributed by atoms with Gasteiger partial charge in [-0.25, -0.2) is 8.42 Å². The van der Waals surface area contributed by atoms with E-state index in [1.807, 2.05) is 18.2 Å². The molecule has 6 nitrogen and oxygen atoms in total. The highest BCUT2D eigenvalue weighted by Crippen LogP contribution is 2.13. The van der Waals surface area contributed by atoms with E-state index in [0.29, 0.717) is 11.3 Å². The van der Waals surface area contributed by atoms with Crippen LogP contribution in [0.25, 0.3) is 0 Å². The number of amides is 1. The Labute approximate surface area is 147 Å². The number of hydrogen-bond donors (Lipinski definition) is 1. The predicted octanol–water partition coefficient (Wildman–Crippen LogP) is 2.29. The van der Waals surface area contributed by atoms with E-state index in [1.165, 1.54) is 6.92 Å². The topological polar surface area (TPSA) is 83.6 Å². The molecule has 0 aliphatic rings. The van der Waals surface area contributed by atoms with E-state index in [9.17, 15) is 18.0 Å². The first kappa shape index (κ1) is 18.8. The summed E-state index contributed by atoms with van der Waals surface area (Å²) in [5.74, 6) is -0.583. The highest BCUT2D eigenvalue weighted by molar-refractivity contribution is 7.88. The fourth-order valence-corrected chi connectivity index (χ4v) is 2.99. The molecule has 1 N–H and O–H groups in total. The van der Waals surface area contributed by atoms with Crippen LogP contribution in [0, 0.1) is 0 Å². The number of benzene rings is 2. The molecule has 0 atom stereocenters. The summed E-state index contributed by atoms with van der Waals surface area (Å²) >= 11 is 0. The van der Waals surface area contributed by atoms with Gasteiger partial charge in [0.1, 0.15) is 0 Å². The highest BCUT2D eigenvalue weighted by atomic mass is 32.2. The molecule has 25 heavy (non-hydrogen) atoms. The molecule has 0 aromatic heterocycles. The molecule has 7 heteroatoms. The molecule has 0 unspecified atom stereocenters. The zero-order valence-electron chi connectivity index (χ0n) is 14.1. The number of hydrogen-bond acceptors (Lipinski definition) is 4. The van der Waals surface area contributed by atoms with E-state index < -0.39 is 15.9 Å². The van der Waals surface area contributed by atoms with Crippen LogP contribution in [-0.4, -0.2) is 37.2 Å². The summed E-state index contributed by atoms with van der Waals surface area (Å²) in [7, 11) is -3.55. The highest BCUT2D eigenvalue weighted by Gasteiger charge is 2.20. The number of Topliss-reactive ketones (excluding diaryl/α,β-unsaturated/α-hetero) is 1. The SMILES string of the molecule is CC(=O)c1cccc(NC(=O)CN(Cc2ccccc2)S(C)(=O)=O)c1. The maximum absolute atomic E-state index is 12.2. The van der Waals surface area contributed by atoms with Crippen LogP contribution >= 0.6 is 0 Å². The molecule has 1 amide bonds. The molecule has 0 bridgehead atoms. The third-order valence-electron chi connectivity index (χ3n) is 3.54. The largest absolute Gasteiger partial charge is 0.325 e. The normalized spacial score (nSPS) is 11.3. The van der Waals surface area contributed by atoms with Crippen molar-refractivity contribution in [1.82, 2.24) is 4.31 Å². The van der Waals surface area contributed by atoms with Gasteiger partial charge in [0.25, 0.3) is 0 Å². The Morgan fingerprint density at radius 1 is 1.04 bits per heavy atom. The number of nitrogens with zero attached hydrogens (tertiary/aromatic N) is 1. The number of anilines is 1. The van der Waals surface area contributed by atoms with Crippen LogP contribution in [0.4, 0.5) is 5.69 Å². The van der Waals surface area contributed by atoms with Crippen LogP contribution in [0.1, 0.15) is 22.8 Å². The molecule has 0 saturated carbocycles. The maximum Gasteiger partial charge on any atom is 0.239 e. The Balaban J connectivity index is 2.09. The smallest absolute Gasteiger partial charge is 0.239 e. The second-order valence-electron chi connectivity index (χ2n) is 5.70. The summed E-state index contributed by atoms with van der Waals surface area (Å²) in [6.45, 7) is 1.24. The summed E-state index contributed by atoms with van der Waals surface area (Å²) in [6, 6.07) is 15.6. The van der Waals surface area contributed by atoms with Gasteiger partial charge in [0, 0.05) is 17.8 Å². The fraction of sp³-hybridized carbons (Fsp3) is 0.222. The van der Waals surface area contributed by atoms with Gasteiger partial charge in [-0.3, -0.25) is 9.59 Å². The standard InChI is InChI=1S/C18H20N2O4S/c1-14(21)16-9-6-10-17(11-16)19-18(22)13-20(25(2,23)24)12-15-7-4-3-5-8-15/h3-11H,12-13H2,1-2H3,(H,19,22). The van der Waals surface area contributed by atoms with E-state index in [-0.39, 0.29) is 18.9 Å². The molecule has 2 aromatic rings. The third-order valence-corrected chi connectivity index (χ3v) is 4.74. The zero-order chi connectivity index (χ0) is 18.4. The molecular formula is C18H20N2O4S. The van der Waals surface area contributed by atoms with Crippen molar-refractivity contribution in [3.05, 3.63) is 65.7 Å². The predicted molar refractivity (Wildman–Crippen MR) is 96.8 cm³/mol. The minimum Gasteiger partial charge on any atom is -0.325 e. The molecule has 0 aliphatic carbocycles. The van der Waals surface area contributed by atoms with Gasteiger partial charge in [-0.05, 0) is 24.6 Å². The first-order valence-electron chi connectivity index (χ1n) is 7.65. The Morgan fingerprint density at radius 3 is 2.32 bits per heavy atom. The minimum atomic E-state index is -3.55. The van der Waals surface area contributed by atoms with E-state index >= 15 is 0 Å². The molecule has 0 heterocycles. The Hall–Kier alpha value is -2.51. The van der Waals surface area contributed by atoms with Gasteiger partial charge in [-0.15, -0.1) is 0 Å². The van der Waals surface area contributed by atoms with Crippen LogP contribution in [0.3, 0.4) is 0 Å². The van der Waals surface area contributed by atoms with Crippen LogP contribution in [0.2, 0.25) is 0 Å². The van der Waals surface area contributed by atoms with Crippen molar-refractivity contribution in [2.75, 3.05) is 18.1 Å².